The maximum atomic E-state index is 12.6. The van der Waals surface area contributed by atoms with Crippen LogP contribution in [0.15, 0.2) is 17.2 Å². The summed E-state index contributed by atoms with van der Waals surface area (Å²) in [5, 5.41) is 3.11. The van der Waals surface area contributed by atoms with Crippen molar-refractivity contribution >= 4 is 10.0 Å². The monoisotopic (exact) mass is 314 g/mol. The maximum Gasteiger partial charge on any atom is 0.244 e. The van der Waals surface area contributed by atoms with Crippen molar-refractivity contribution < 1.29 is 8.42 Å². The van der Waals surface area contributed by atoms with Crippen molar-refractivity contribution in [3.05, 3.63) is 18.0 Å². The molecular formula is C14H26N4O2S. The van der Waals surface area contributed by atoms with Crippen molar-refractivity contribution in [1.82, 2.24) is 19.1 Å². The van der Waals surface area contributed by atoms with E-state index in [0.717, 1.165) is 18.5 Å². The van der Waals surface area contributed by atoms with Gasteiger partial charge in [-0.1, -0.05) is 0 Å². The summed E-state index contributed by atoms with van der Waals surface area (Å²) in [7, 11) is 4.00. The van der Waals surface area contributed by atoms with Crippen LogP contribution in [0.25, 0.3) is 0 Å². The van der Waals surface area contributed by atoms with Crippen molar-refractivity contribution in [2.75, 3.05) is 41.3 Å². The van der Waals surface area contributed by atoms with E-state index in [0.29, 0.717) is 30.6 Å². The minimum atomic E-state index is -3.40. The Kier molecular flexibility index (Phi) is 5.08. The second-order valence-corrected chi connectivity index (χ2v) is 8.01. The van der Waals surface area contributed by atoms with E-state index >= 15 is 0 Å². The van der Waals surface area contributed by atoms with Gasteiger partial charge in [-0.2, -0.15) is 4.31 Å². The Bertz CT molecular complexity index is 576. The molecule has 0 amide bonds. The molecule has 1 N–H and O–H groups in total. The number of sulfonamides is 1. The summed E-state index contributed by atoms with van der Waals surface area (Å²) in [6.45, 7) is 1.89. The average Bonchev–Trinajstić information content (AvgIpc) is 3.17. The van der Waals surface area contributed by atoms with E-state index < -0.39 is 10.0 Å². The van der Waals surface area contributed by atoms with Gasteiger partial charge in [0.05, 0.1) is 0 Å². The first-order chi connectivity index (χ1) is 9.86. The van der Waals surface area contributed by atoms with Crippen LogP contribution in [0.4, 0.5) is 0 Å². The summed E-state index contributed by atoms with van der Waals surface area (Å²) >= 11 is 0. The Hall–Kier alpha value is -0.890. The summed E-state index contributed by atoms with van der Waals surface area (Å²) in [5.41, 5.74) is 1.04. The summed E-state index contributed by atoms with van der Waals surface area (Å²) in [6, 6.07) is 2.28. The second-order valence-electron chi connectivity index (χ2n) is 5.97. The minimum absolute atomic E-state index is 0.404. The van der Waals surface area contributed by atoms with Gasteiger partial charge in [0.1, 0.15) is 4.90 Å². The molecule has 0 bridgehead atoms. The highest BCUT2D eigenvalue weighted by Crippen LogP contribution is 2.37. The number of hydrogen-bond donors (Lipinski definition) is 1. The molecule has 1 heterocycles. The summed E-state index contributed by atoms with van der Waals surface area (Å²) in [4.78, 5) is 2.38. The lowest BCUT2D eigenvalue weighted by Crippen LogP contribution is -2.33. The van der Waals surface area contributed by atoms with E-state index in [-0.39, 0.29) is 0 Å². The first kappa shape index (κ1) is 16.5. The molecule has 1 fully saturated rings. The van der Waals surface area contributed by atoms with Crippen LogP contribution in [-0.2, 0) is 16.6 Å². The van der Waals surface area contributed by atoms with Gasteiger partial charge in [0.25, 0.3) is 0 Å². The third kappa shape index (κ3) is 3.85. The normalized spacial score (nSPS) is 16.1. The van der Waals surface area contributed by atoms with Crippen molar-refractivity contribution in [3.8, 4) is 0 Å². The summed E-state index contributed by atoms with van der Waals surface area (Å²) in [6.07, 6.45) is 4.08. The van der Waals surface area contributed by atoms with Crippen molar-refractivity contribution in [3.63, 3.8) is 0 Å². The van der Waals surface area contributed by atoms with Gasteiger partial charge in [-0.3, -0.25) is 0 Å². The molecule has 6 nitrogen and oxygen atoms in total. The SMILES string of the molecule is CNCc1cc(S(=O)(=O)N(C)CCN(C)C)cn1C1CC1. The maximum absolute atomic E-state index is 12.6. The van der Waals surface area contributed by atoms with Crippen molar-refractivity contribution in [1.29, 1.82) is 0 Å². The molecule has 1 aliphatic carbocycles. The Morgan fingerprint density at radius 3 is 2.48 bits per heavy atom. The first-order valence-electron chi connectivity index (χ1n) is 7.32. The molecule has 0 atom stereocenters. The molecule has 0 unspecified atom stereocenters. The van der Waals surface area contributed by atoms with Crippen LogP contribution >= 0.6 is 0 Å². The van der Waals surface area contributed by atoms with Gasteiger partial charge in [-0.25, -0.2) is 8.42 Å². The van der Waals surface area contributed by atoms with E-state index in [2.05, 4.69) is 9.88 Å². The van der Waals surface area contributed by atoms with Gasteiger partial charge < -0.3 is 14.8 Å². The molecule has 1 saturated carbocycles. The fraction of sp³-hybridized carbons (Fsp3) is 0.714. The standard InChI is InChI=1S/C14H26N4O2S/c1-15-10-13-9-14(11-18(13)12-5-6-12)21(19,20)17(4)8-7-16(2)3/h9,11-12,15H,5-8,10H2,1-4H3. The van der Waals surface area contributed by atoms with Gasteiger partial charge in [-0.15, -0.1) is 0 Å². The number of aromatic nitrogens is 1. The molecule has 2 rings (SSSR count). The van der Waals surface area contributed by atoms with Gasteiger partial charge >= 0.3 is 0 Å². The molecule has 7 heteroatoms. The number of nitrogens with zero attached hydrogens (tertiary/aromatic N) is 3. The molecule has 0 aliphatic heterocycles. The van der Waals surface area contributed by atoms with E-state index in [1.807, 2.05) is 26.0 Å². The zero-order valence-electron chi connectivity index (χ0n) is 13.3. The molecule has 120 valence electrons. The molecule has 1 aromatic rings. The third-order valence-electron chi connectivity index (χ3n) is 3.78. The molecule has 0 saturated heterocycles. The van der Waals surface area contributed by atoms with Gasteiger partial charge in [0.2, 0.25) is 10.0 Å². The molecule has 21 heavy (non-hydrogen) atoms. The lowest BCUT2D eigenvalue weighted by Gasteiger charge is -2.18. The third-order valence-corrected chi connectivity index (χ3v) is 5.60. The van der Waals surface area contributed by atoms with Crippen LogP contribution in [0.3, 0.4) is 0 Å². The quantitative estimate of drug-likeness (QED) is 0.768. The molecular weight excluding hydrogens is 288 g/mol. The highest BCUT2D eigenvalue weighted by Gasteiger charge is 2.29. The smallest absolute Gasteiger partial charge is 0.244 e. The lowest BCUT2D eigenvalue weighted by atomic mass is 10.4. The lowest BCUT2D eigenvalue weighted by molar-refractivity contribution is 0.358. The van der Waals surface area contributed by atoms with Crippen molar-refractivity contribution in [2.24, 2.45) is 0 Å². The van der Waals surface area contributed by atoms with Crippen LogP contribution in [-0.4, -0.2) is 63.5 Å². The van der Waals surface area contributed by atoms with Crippen LogP contribution in [0.1, 0.15) is 24.6 Å². The number of nitrogens with one attached hydrogen (secondary N) is 1. The average molecular weight is 314 g/mol. The molecule has 1 aromatic heterocycles. The zero-order valence-corrected chi connectivity index (χ0v) is 14.2. The topological polar surface area (TPSA) is 57.6 Å². The minimum Gasteiger partial charge on any atom is -0.346 e. The van der Waals surface area contributed by atoms with Gasteiger partial charge in [0, 0.05) is 44.6 Å². The molecule has 0 spiro atoms. The Labute approximate surface area is 127 Å². The Balaban J connectivity index is 2.21. The fourth-order valence-electron chi connectivity index (χ4n) is 2.29. The van der Waals surface area contributed by atoms with Crippen LogP contribution in [0, 0.1) is 0 Å². The van der Waals surface area contributed by atoms with Crippen LogP contribution in [0.5, 0.6) is 0 Å². The molecule has 1 aliphatic rings. The largest absolute Gasteiger partial charge is 0.346 e. The van der Waals surface area contributed by atoms with E-state index in [1.165, 1.54) is 4.31 Å². The van der Waals surface area contributed by atoms with E-state index in [4.69, 9.17) is 0 Å². The highest BCUT2D eigenvalue weighted by molar-refractivity contribution is 7.89. The Morgan fingerprint density at radius 1 is 1.29 bits per heavy atom. The van der Waals surface area contributed by atoms with Gasteiger partial charge in [0.15, 0.2) is 0 Å². The predicted molar refractivity (Wildman–Crippen MR) is 83.8 cm³/mol. The number of likely N-dealkylation sites (N-methyl/N-ethyl adjacent to an activating group) is 2. The number of rotatable bonds is 8. The first-order valence-corrected chi connectivity index (χ1v) is 8.76. The fourth-order valence-corrected chi connectivity index (χ4v) is 3.51. The zero-order chi connectivity index (χ0) is 15.6. The number of hydrogen-bond acceptors (Lipinski definition) is 4. The Morgan fingerprint density at radius 2 is 1.95 bits per heavy atom. The van der Waals surface area contributed by atoms with Crippen LogP contribution < -0.4 is 5.32 Å². The second kappa shape index (κ2) is 6.48. The summed E-state index contributed by atoms with van der Waals surface area (Å²) in [5.74, 6) is 0. The van der Waals surface area contributed by atoms with E-state index in [1.54, 1.807) is 19.3 Å². The van der Waals surface area contributed by atoms with Gasteiger partial charge in [-0.05, 0) is 40.1 Å². The highest BCUT2D eigenvalue weighted by atomic mass is 32.2. The summed E-state index contributed by atoms with van der Waals surface area (Å²) < 4.78 is 28.8. The molecule has 0 aromatic carbocycles. The van der Waals surface area contributed by atoms with E-state index in [9.17, 15) is 8.42 Å². The molecule has 0 radical (unpaired) electrons. The van der Waals surface area contributed by atoms with Crippen LogP contribution in [0.2, 0.25) is 0 Å². The predicted octanol–water partition coefficient (Wildman–Crippen LogP) is 0.725. The van der Waals surface area contributed by atoms with Crippen molar-refractivity contribution in [2.45, 2.75) is 30.3 Å².